The van der Waals surface area contributed by atoms with Crippen molar-refractivity contribution in [2.75, 3.05) is 44.3 Å². The molecule has 0 aromatic heterocycles. The third-order valence-corrected chi connectivity index (χ3v) is 7.29. The zero-order valence-corrected chi connectivity index (χ0v) is 19.5. The molecule has 1 unspecified atom stereocenters. The molecule has 0 radical (unpaired) electrons. The van der Waals surface area contributed by atoms with Crippen molar-refractivity contribution in [3.63, 3.8) is 0 Å². The lowest BCUT2D eigenvalue weighted by atomic mass is 9.71. The van der Waals surface area contributed by atoms with E-state index in [1.807, 2.05) is 11.8 Å². The SMILES string of the molecule is CCOc1ccc(C(=O)N2CC(CO)C3(CCN(c4ccc(C#N)c(C(F)(F)F)c4)CC3)C2)cc1. The van der Waals surface area contributed by atoms with Gasteiger partial charge in [-0.1, -0.05) is 0 Å². The lowest BCUT2D eigenvalue weighted by molar-refractivity contribution is -0.137. The predicted octanol–water partition coefficient (Wildman–Crippen LogP) is 4.33. The van der Waals surface area contributed by atoms with Crippen molar-refractivity contribution in [3.05, 3.63) is 59.2 Å². The van der Waals surface area contributed by atoms with Gasteiger partial charge < -0.3 is 19.6 Å². The Morgan fingerprint density at radius 2 is 1.89 bits per heavy atom. The quantitative estimate of drug-likeness (QED) is 0.680. The molecule has 2 aliphatic heterocycles. The summed E-state index contributed by atoms with van der Waals surface area (Å²) in [4.78, 5) is 16.8. The van der Waals surface area contributed by atoms with Crippen molar-refractivity contribution in [1.82, 2.24) is 4.90 Å². The summed E-state index contributed by atoms with van der Waals surface area (Å²) in [6.45, 7) is 4.32. The monoisotopic (exact) mass is 487 g/mol. The van der Waals surface area contributed by atoms with Gasteiger partial charge in [-0.2, -0.15) is 18.4 Å². The number of carbonyl (C=O) groups is 1. The third kappa shape index (κ3) is 4.94. The fraction of sp³-hybridized carbons (Fsp3) is 0.462. The zero-order chi connectivity index (χ0) is 25.2. The van der Waals surface area contributed by atoms with Crippen LogP contribution in [0.4, 0.5) is 18.9 Å². The van der Waals surface area contributed by atoms with Gasteiger partial charge in [0.2, 0.25) is 0 Å². The number of likely N-dealkylation sites (tertiary alicyclic amines) is 1. The average molecular weight is 488 g/mol. The molecule has 186 valence electrons. The van der Waals surface area contributed by atoms with E-state index in [1.54, 1.807) is 41.3 Å². The van der Waals surface area contributed by atoms with E-state index in [4.69, 9.17) is 10.00 Å². The van der Waals surface area contributed by atoms with Gasteiger partial charge >= 0.3 is 6.18 Å². The Kier molecular flexibility index (Phi) is 6.95. The molecule has 0 aliphatic carbocycles. The molecule has 9 heteroatoms. The van der Waals surface area contributed by atoms with E-state index >= 15 is 0 Å². The highest BCUT2D eigenvalue weighted by molar-refractivity contribution is 5.94. The molecule has 4 rings (SSSR count). The Bertz CT molecular complexity index is 1100. The van der Waals surface area contributed by atoms with Gasteiger partial charge in [0.25, 0.3) is 5.91 Å². The minimum Gasteiger partial charge on any atom is -0.494 e. The summed E-state index contributed by atoms with van der Waals surface area (Å²) in [5.74, 6) is 0.495. The Morgan fingerprint density at radius 1 is 1.20 bits per heavy atom. The number of rotatable bonds is 5. The summed E-state index contributed by atoms with van der Waals surface area (Å²) in [5, 5.41) is 19.1. The number of amides is 1. The number of hydrogen-bond donors (Lipinski definition) is 1. The fourth-order valence-electron chi connectivity index (χ4n) is 5.32. The molecule has 1 spiro atoms. The molecule has 2 heterocycles. The van der Waals surface area contributed by atoms with E-state index in [2.05, 4.69) is 0 Å². The largest absolute Gasteiger partial charge is 0.494 e. The van der Waals surface area contributed by atoms with Crippen molar-refractivity contribution >= 4 is 11.6 Å². The van der Waals surface area contributed by atoms with Crippen molar-refractivity contribution < 1.29 is 27.8 Å². The predicted molar refractivity (Wildman–Crippen MR) is 124 cm³/mol. The molecule has 1 atom stereocenters. The van der Waals surface area contributed by atoms with Crippen LogP contribution < -0.4 is 9.64 Å². The molecule has 0 saturated carbocycles. The maximum Gasteiger partial charge on any atom is 0.417 e. The Hall–Kier alpha value is -3.25. The maximum atomic E-state index is 13.4. The number of anilines is 1. The molecule has 2 aromatic rings. The van der Waals surface area contributed by atoms with Crippen LogP contribution >= 0.6 is 0 Å². The minimum atomic E-state index is -4.60. The number of nitrogens with zero attached hydrogens (tertiary/aromatic N) is 3. The second-order valence-corrected chi connectivity index (χ2v) is 9.21. The summed E-state index contributed by atoms with van der Waals surface area (Å²) >= 11 is 0. The second kappa shape index (κ2) is 9.78. The smallest absolute Gasteiger partial charge is 0.417 e. The number of piperidine rings is 1. The van der Waals surface area contributed by atoms with Crippen LogP contribution in [0.2, 0.25) is 0 Å². The number of benzene rings is 2. The van der Waals surface area contributed by atoms with Crippen LogP contribution in [0.25, 0.3) is 0 Å². The first-order valence-electron chi connectivity index (χ1n) is 11.7. The first kappa shape index (κ1) is 24.9. The molecular weight excluding hydrogens is 459 g/mol. The van der Waals surface area contributed by atoms with Crippen molar-refractivity contribution in [2.45, 2.75) is 25.9 Å². The second-order valence-electron chi connectivity index (χ2n) is 9.21. The highest BCUT2D eigenvalue weighted by atomic mass is 19.4. The Balaban J connectivity index is 1.47. The van der Waals surface area contributed by atoms with Crippen LogP contribution in [0.1, 0.15) is 41.3 Å². The van der Waals surface area contributed by atoms with E-state index in [-0.39, 0.29) is 23.8 Å². The number of nitriles is 1. The lowest BCUT2D eigenvalue weighted by Gasteiger charge is -2.43. The van der Waals surface area contributed by atoms with Crippen LogP contribution in [0.5, 0.6) is 5.75 Å². The Labute approximate surface area is 202 Å². The summed E-state index contributed by atoms with van der Waals surface area (Å²) < 4.78 is 45.6. The number of ether oxygens (including phenoxy) is 1. The van der Waals surface area contributed by atoms with Crippen LogP contribution in [0, 0.1) is 22.7 Å². The molecular formula is C26H28F3N3O3. The Morgan fingerprint density at radius 3 is 2.46 bits per heavy atom. The highest BCUT2D eigenvalue weighted by Crippen LogP contribution is 2.46. The van der Waals surface area contributed by atoms with Crippen LogP contribution in [0.15, 0.2) is 42.5 Å². The molecule has 2 aliphatic rings. The maximum absolute atomic E-state index is 13.4. The van der Waals surface area contributed by atoms with Crippen LogP contribution in [-0.4, -0.2) is 55.3 Å². The van der Waals surface area contributed by atoms with E-state index in [0.29, 0.717) is 62.6 Å². The first-order valence-corrected chi connectivity index (χ1v) is 11.7. The van der Waals surface area contributed by atoms with Gasteiger partial charge in [-0.05, 0) is 67.6 Å². The van der Waals surface area contributed by atoms with Crippen LogP contribution in [0.3, 0.4) is 0 Å². The number of alkyl halides is 3. The number of aliphatic hydroxyl groups excluding tert-OH is 1. The summed E-state index contributed by atoms with van der Waals surface area (Å²) in [5.41, 5.74) is -0.636. The van der Waals surface area contributed by atoms with Crippen LogP contribution in [-0.2, 0) is 6.18 Å². The van der Waals surface area contributed by atoms with Gasteiger partial charge in [-0.3, -0.25) is 4.79 Å². The van der Waals surface area contributed by atoms with Gasteiger partial charge in [0.15, 0.2) is 0 Å². The molecule has 1 amide bonds. The zero-order valence-electron chi connectivity index (χ0n) is 19.5. The number of aliphatic hydroxyl groups is 1. The van der Waals surface area contributed by atoms with Gasteiger partial charge in [-0.25, -0.2) is 0 Å². The number of halogens is 3. The van der Waals surface area contributed by atoms with Crippen molar-refractivity contribution in [2.24, 2.45) is 11.3 Å². The fourth-order valence-corrected chi connectivity index (χ4v) is 5.32. The first-order chi connectivity index (χ1) is 16.7. The topological polar surface area (TPSA) is 76.8 Å². The normalized spacial score (nSPS) is 19.6. The van der Waals surface area contributed by atoms with Crippen molar-refractivity contribution in [3.8, 4) is 11.8 Å². The molecule has 35 heavy (non-hydrogen) atoms. The number of carbonyl (C=O) groups excluding carboxylic acids is 1. The summed E-state index contributed by atoms with van der Waals surface area (Å²) in [6.07, 6.45) is -3.31. The van der Waals surface area contributed by atoms with Gasteiger partial charge in [0.1, 0.15) is 5.75 Å². The molecule has 0 bridgehead atoms. The van der Waals surface area contributed by atoms with E-state index in [0.717, 1.165) is 6.07 Å². The standard InChI is InChI=1S/C26H28F3N3O3/c1-2-35-22-7-4-18(5-8-22)24(34)32-15-20(16-33)25(17-32)9-11-31(12-10-25)21-6-3-19(14-30)23(13-21)26(27,28)29/h3-8,13,20,33H,2,9-12,15-17H2,1H3. The third-order valence-electron chi connectivity index (χ3n) is 7.29. The molecule has 2 saturated heterocycles. The molecule has 2 aromatic carbocycles. The van der Waals surface area contributed by atoms with E-state index in [1.165, 1.54) is 6.07 Å². The molecule has 2 fully saturated rings. The summed E-state index contributed by atoms with van der Waals surface area (Å²) in [7, 11) is 0. The lowest BCUT2D eigenvalue weighted by Crippen LogP contribution is -2.45. The average Bonchev–Trinajstić information content (AvgIpc) is 3.21. The summed E-state index contributed by atoms with van der Waals surface area (Å²) in [6, 6.07) is 12.4. The minimum absolute atomic E-state index is 0.0534. The van der Waals surface area contributed by atoms with Gasteiger partial charge in [0, 0.05) is 50.0 Å². The van der Waals surface area contributed by atoms with Gasteiger partial charge in [0.05, 0.1) is 23.8 Å². The van der Waals surface area contributed by atoms with E-state index in [9.17, 15) is 23.1 Å². The van der Waals surface area contributed by atoms with E-state index < -0.39 is 17.3 Å². The highest BCUT2D eigenvalue weighted by Gasteiger charge is 2.49. The molecule has 6 nitrogen and oxygen atoms in total. The molecule has 1 N–H and O–H groups in total. The van der Waals surface area contributed by atoms with Crippen molar-refractivity contribution in [1.29, 1.82) is 5.26 Å². The number of hydrogen-bond acceptors (Lipinski definition) is 5. The van der Waals surface area contributed by atoms with Gasteiger partial charge in [-0.15, -0.1) is 0 Å².